The average Bonchev–Trinajstić information content (AvgIpc) is 2.30. The third-order valence-electron chi connectivity index (χ3n) is 3.49. The molecule has 0 aromatic heterocycles. The Kier molecular flexibility index (Phi) is 3.59. The van der Waals surface area contributed by atoms with Crippen molar-refractivity contribution in [3.63, 3.8) is 0 Å². The number of ether oxygens (including phenoxy) is 1. The van der Waals surface area contributed by atoms with Gasteiger partial charge >= 0.3 is 0 Å². The molecule has 2 rings (SSSR count). The number of nitrogens with two attached hydrogens (primary N) is 1. The highest BCUT2D eigenvalue weighted by Gasteiger charge is 2.42. The second kappa shape index (κ2) is 4.95. The maximum atomic E-state index is 5.83. The van der Waals surface area contributed by atoms with Crippen LogP contribution in [0.2, 0.25) is 0 Å². The number of benzene rings is 1. The van der Waals surface area contributed by atoms with Crippen LogP contribution in [0, 0.1) is 0 Å². The van der Waals surface area contributed by atoms with Gasteiger partial charge in [0.25, 0.3) is 0 Å². The Morgan fingerprint density at radius 2 is 2.06 bits per heavy atom. The Balaban J connectivity index is 1.74. The maximum absolute atomic E-state index is 5.83. The van der Waals surface area contributed by atoms with Gasteiger partial charge in [-0.05, 0) is 25.5 Å². The van der Waals surface area contributed by atoms with Crippen LogP contribution >= 0.6 is 0 Å². The van der Waals surface area contributed by atoms with E-state index in [4.69, 9.17) is 10.5 Å². The van der Waals surface area contributed by atoms with E-state index in [2.05, 4.69) is 17.4 Å². The molecule has 1 aliphatic rings. The van der Waals surface area contributed by atoms with Gasteiger partial charge in [-0.2, -0.15) is 0 Å². The van der Waals surface area contributed by atoms with Crippen LogP contribution < -0.4 is 11.1 Å². The first-order valence-corrected chi connectivity index (χ1v) is 5.82. The monoisotopic (exact) mass is 220 g/mol. The van der Waals surface area contributed by atoms with Crippen molar-refractivity contribution < 1.29 is 4.74 Å². The van der Waals surface area contributed by atoms with E-state index in [-0.39, 0.29) is 5.54 Å². The summed E-state index contributed by atoms with van der Waals surface area (Å²) < 4.78 is 5.83. The van der Waals surface area contributed by atoms with Crippen molar-refractivity contribution in [3.05, 3.63) is 35.9 Å². The summed E-state index contributed by atoms with van der Waals surface area (Å²) in [6.45, 7) is 1.39. The topological polar surface area (TPSA) is 47.3 Å². The summed E-state index contributed by atoms with van der Waals surface area (Å²) in [5, 5.41) is 3.29. The quantitative estimate of drug-likeness (QED) is 0.786. The third-order valence-corrected chi connectivity index (χ3v) is 3.49. The first-order valence-electron chi connectivity index (χ1n) is 5.82. The van der Waals surface area contributed by atoms with Crippen molar-refractivity contribution in [2.45, 2.75) is 31.1 Å². The number of likely N-dealkylation sites (N-methyl/N-ethyl adjacent to an activating group) is 1. The largest absolute Gasteiger partial charge is 0.373 e. The normalized spacial score (nSPS) is 28.8. The molecule has 0 aliphatic heterocycles. The van der Waals surface area contributed by atoms with Crippen LogP contribution in [0.1, 0.15) is 18.4 Å². The first-order chi connectivity index (χ1) is 7.78. The zero-order chi connectivity index (χ0) is 11.4. The first kappa shape index (κ1) is 11.6. The van der Waals surface area contributed by atoms with E-state index in [0.29, 0.717) is 19.3 Å². The van der Waals surface area contributed by atoms with Crippen molar-refractivity contribution in [2.24, 2.45) is 5.73 Å². The molecule has 16 heavy (non-hydrogen) atoms. The minimum absolute atomic E-state index is 0.126. The number of hydrogen-bond acceptors (Lipinski definition) is 3. The highest BCUT2D eigenvalue weighted by atomic mass is 16.5. The van der Waals surface area contributed by atoms with Crippen molar-refractivity contribution in [1.29, 1.82) is 0 Å². The van der Waals surface area contributed by atoms with E-state index in [1.54, 1.807) is 0 Å². The SMILES string of the molecule is CNC1(CN)CC(OCc2ccccc2)C1. The predicted octanol–water partition coefficient (Wildman–Crippen LogP) is 1.28. The number of hydrogen-bond donors (Lipinski definition) is 2. The predicted molar refractivity (Wildman–Crippen MR) is 65.1 cm³/mol. The summed E-state index contributed by atoms with van der Waals surface area (Å²) in [6.07, 6.45) is 2.40. The Labute approximate surface area is 97.0 Å². The Morgan fingerprint density at radius 1 is 1.38 bits per heavy atom. The van der Waals surface area contributed by atoms with Gasteiger partial charge in [0.05, 0.1) is 12.7 Å². The summed E-state index contributed by atoms with van der Waals surface area (Å²) in [5.41, 5.74) is 7.09. The molecule has 3 nitrogen and oxygen atoms in total. The summed E-state index contributed by atoms with van der Waals surface area (Å²) >= 11 is 0. The van der Waals surface area contributed by atoms with E-state index in [9.17, 15) is 0 Å². The average molecular weight is 220 g/mol. The van der Waals surface area contributed by atoms with Gasteiger partial charge in [-0.1, -0.05) is 30.3 Å². The van der Waals surface area contributed by atoms with Crippen molar-refractivity contribution in [2.75, 3.05) is 13.6 Å². The van der Waals surface area contributed by atoms with Crippen molar-refractivity contribution >= 4 is 0 Å². The lowest BCUT2D eigenvalue weighted by Crippen LogP contribution is -2.61. The standard InChI is InChI=1S/C13H20N2O/c1-15-13(10-14)7-12(8-13)16-9-11-5-3-2-4-6-11/h2-6,12,15H,7-10,14H2,1H3. The molecule has 0 unspecified atom stereocenters. The molecule has 1 aliphatic carbocycles. The van der Waals surface area contributed by atoms with E-state index < -0.39 is 0 Å². The van der Waals surface area contributed by atoms with Crippen LogP contribution in [0.5, 0.6) is 0 Å². The minimum atomic E-state index is 0.126. The van der Waals surface area contributed by atoms with Crippen LogP contribution in [0.15, 0.2) is 30.3 Å². The molecule has 1 aromatic rings. The summed E-state index contributed by atoms with van der Waals surface area (Å²) in [7, 11) is 1.97. The van der Waals surface area contributed by atoms with Crippen molar-refractivity contribution in [3.8, 4) is 0 Å². The molecule has 3 N–H and O–H groups in total. The van der Waals surface area contributed by atoms with Gasteiger partial charge in [0.2, 0.25) is 0 Å². The smallest absolute Gasteiger partial charge is 0.0720 e. The molecule has 1 saturated carbocycles. The van der Waals surface area contributed by atoms with Gasteiger partial charge in [-0.25, -0.2) is 0 Å². The van der Waals surface area contributed by atoms with Crippen LogP contribution in [-0.4, -0.2) is 25.2 Å². The Morgan fingerprint density at radius 3 is 2.62 bits per heavy atom. The lowest BCUT2D eigenvalue weighted by Gasteiger charge is -2.46. The summed E-state index contributed by atoms with van der Waals surface area (Å²) in [4.78, 5) is 0. The van der Waals surface area contributed by atoms with Crippen LogP contribution in [-0.2, 0) is 11.3 Å². The van der Waals surface area contributed by atoms with Crippen molar-refractivity contribution in [1.82, 2.24) is 5.32 Å². The summed E-state index contributed by atoms with van der Waals surface area (Å²) in [6, 6.07) is 10.3. The van der Waals surface area contributed by atoms with E-state index in [1.165, 1.54) is 5.56 Å². The van der Waals surface area contributed by atoms with Crippen LogP contribution in [0.4, 0.5) is 0 Å². The van der Waals surface area contributed by atoms with E-state index in [1.807, 2.05) is 25.2 Å². The lowest BCUT2D eigenvalue weighted by atomic mass is 9.74. The molecule has 0 heterocycles. The summed E-state index contributed by atoms with van der Waals surface area (Å²) in [5.74, 6) is 0. The molecule has 0 amide bonds. The van der Waals surface area contributed by atoms with Crippen LogP contribution in [0.25, 0.3) is 0 Å². The maximum Gasteiger partial charge on any atom is 0.0720 e. The van der Waals surface area contributed by atoms with Gasteiger partial charge in [-0.15, -0.1) is 0 Å². The minimum Gasteiger partial charge on any atom is -0.373 e. The van der Waals surface area contributed by atoms with Gasteiger partial charge in [0.1, 0.15) is 0 Å². The highest BCUT2D eigenvalue weighted by Crippen LogP contribution is 2.33. The fourth-order valence-electron chi connectivity index (χ4n) is 2.19. The number of nitrogens with one attached hydrogen (secondary N) is 1. The molecule has 3 heteroatoms. The lowest BCUT2D eigenvalue weighted by molar-refractivity contribution is -0.0588. The molecule has 0 bridgehead atoms. The molecule has 0 spiro atoms. The molecular formula is C13H20N2O. The Bertz CT molecular complexity index is 314. The second-order valence-corrected chi connectivity index (χ2v) is 4.56. The highest BCUT2D eigenvalue weighted by molar-refractivity contribution is 5.13. The molecule has 0 atom stereocenters. The zero-order valence-corrected chi connectivity index (χ0v) is 9.78. The van der Waals surface area contributed by atoms with E-state index >= 15 is 0 Å². The molecule has 1 aromatic carbocycles. The Hall–Kier alpha value is -0.900. The van der Waals surface area contributed by atoms with Crippen LogP contribution in [0.3, 0.4) is 0 Å². The molecule has 0 saturated heterocycles. The molecule has 0 radical (unpaired) electrons. The number of rotatable bonds is 5. The third kappa shape index (κ3) is 2.43. The van der Waals surface area contributed by atoms with Gasteiger partial charge in [0, 0.05) is 12.1 Å². The van der Waals surface area contributed by atoms with Gasteiger partial charge in [-0.3, -0.25) is 0 Å². The fraction of sp³-hybridized carbons (Fsp3) is 0.538. The van der Waals surface area contributed by atoms with Gasteiger partial charge in [0.15, 0.2) is 0 Å². The molecular weight excluding hydrogens is 200 g/mol. The van der Waals surface area contributed by atoms with E-state index in [0.717, 1.165) is 12.8 Å². The zero-order valence-electron chi connectivity index (χ0n) is 9.78. The van der Waals surface area contributed by atoms with Gasteiger partial charge < -0.3 is 15.8 Å². The second-order valence-electron chi connectivity index (χ2n) is 4.56. The molecule has 1 fully saturated rings. The molecule has 88 valence electrons. The fourth-order valence-corrected chi connectivity index (χ4v) is 2.19.